The number of hydrogen-bond donors (Lipinski definition) is 2. The molecule has 6 nitrogen and oxygen atoms in total. The van der Waals surface area contributed by atoms with Gasteiger partial charge in [-0.1, -0.05) is 0 Å². The van der Waals surface area contributed by atoms with E-state index in [1.165, 1.54) is 6.07 Å². The minimum atomic E-state index is -3.92. The zero-order chi connectivity index (χ0) is 12.8. The van der Waals surface area contributed by atoms with Crippen LogP contribution in [0.3, 0.4) is 0 Å². The van der Waals surface area contributed by atoms with Crippen LogP contribution in [0, 0.1) is 0 Å². The van der Waals surface area contributed by atoms with E-state index in [2.05, 4.69) is 0 Å². The molecule has 1 atom stereocenters. The van der Waals surface area contributed by atoms with Crippen LogP contribution in [0.4, 0.5) is 0 Å². The Balaban J connectivity index is 2.68. The summed E-state index contributed by atoms with van der Waals surface area (Å²) < 4.78 is 27.8. The van der Waals surface area contributed by atoms with Gasteiger partial charge in [0.05, 0.1) is 4.90 Å². The van der Waals surface area contributed by atoms with Gasteiger partial charge < -0.3 is 9.84 Å². The number of carboxylic acid groups (broad SMARTS) is 1. The normalized spacial score (nSPS) is 18.6. The van der Waals surface area contributed by atoms with Crippen molar-refractivity contribution in [3.8, 4) is 5.75 Å². The summed E-state index contributed by atoms with van der Waals surface area (Å²) in [4.78, 5) is 10.8. The third-order valence-electron chi connectivity index (χ3n) is 2.52. The number of hydrogen-bond acceptors (Lipinski definition) is 4. The van der Waals surface area contributed by atoms with Crippen molar-refractivity contribution in [2.24, 2.45) is 5.14 Å². The van der Waals surface area contributed by atoms with Gasteiger partial charge in [0.25, 0.3) is 0 Å². The van der Waals surface area contributed by atoms with Crippen molar-refractivity contribution in [1.29, 1.82) is 0 Å². The van der Waals surface area contributed by atoms with Crippen LogP contribution in [-0.2, 0) is 16.4 Å². The number of ether oxygens (including phenoxy) is 1. The summed E-state index contributed by atoms with van der Waals surface area (Å²) in [6.07, 6.45) is 0.303. The second kappa shape index (κ2) is 3.71. The summed E-state index contributed by atoms with van der Waals surface area (Å²) in [6.45, 7) is 1.78. The molecule has 1 unspecified atom stereocenters. The molecule has 0 radical (unpaired) electrons. The monoisotopic (exact) mass is 257 g/mol. The Bertz CT molecular complexity index is 593. The lowest BCUT2D eigenvalue weighted by atomic mass is 10.1. The largest absolute Gasteiger partial charge is 0.489 e. The standard InChI is InChI=1S/C10H11NO5S/c1-5-2-6-3-7(17(11,14)15)4-8(10(12)13)9(6)16-5/h3-5H,2H2,1H3,(H,12,13)(H2,11,14,15). The Morgan fingerprint density at radius 3 is 2.71 bits per heavy atom. The highest BCUT2D eigenvalue weighted by Crippen LogP contribution is 2.34. The van der Waals surface area contributed by atoms with E-state index in [1.807, 2.05) is 0 Å². The third-order valence-corrected chi connectivity index (χ3v) is 3.42. The van der Waals surface area contributed by atoms with Gasteiger partial charge in [0.1, 0.15) is 17.4 Å². The third kappa shape index (κ3) is 2.11. The molecular formula is C10H11NO5S. The first-order valence-corrected chi connectivity index (χ1v) is 6.43. The van der Waals surface area contributed by atoms with Crippen LogP contribution in [-0.4, -0.2) is 25.6 Å². The zero-order valence-electron chi connectivity index (χ0n) is 9.00. The Kier molecular flexibility index (Phi) is 2.59. The molecule has 1 aliphatic heterocycles. The van der Waals surface area contributed by atoms with Crippen molar-refractivity contribution in [2.45, 2.75) is 24.3 Å². The highest BCUT2D eigenvalue weighted by atomic mass is 32.2. The molecule has 17 heavy (non-hydrogen) atoms. The van der Waals surface area contributed by atoms with E-state index in [9.17, 15) is 13.2 Å². The summed E-state index contributed by atoms with van der Waals surface area (Å²) in [6, 6.07) is 2.38. The lowest BCUT2D eigenvalue weighted by molar-refractivity contribution is 0.0691. The molecule has 0 bridgehead atoms. The molecule has 1 aromatic carbocycles. The van der Waals surface area contributed by atoms with Crippen LogP contribution in [0.5, 0.6) is 5.75 Å². The molecule has 0 saturated heterocycles. The van der Waals surface area contributed by atoms with E-state index in [0.29, 0.717) is 12.0 Å². The maximum absolute atomic E-state index is 11.2. The van der Waals surface area contributed by atoms with Gasteiger partial charge in [-0.15, -0.1) is 0 Å². The number of benzene rings is 1. The predicted molar refractivity (Wildman–Crippen MR) is 58.6 cm³/mol. The lowest BCUT2D eigenvalue weighted by Crippen LogP contribution is -2.13. The average Bonchev–Trinajstić information content (AvgIpc) is 2.54. The van der Waals surface area contributed by atoms with Crippen molar-refractivity contribution in [3.05, 3.63) is 23.3 Å². The van der Waals surface area contributed by atoms with Crippen LogP contribution in [0.1, 0.15) is 22.8 Å². The van der Waals surface area contributed by atoms with Gasteiger partial charge in [0, 0.05) is 12.0 Å². The number of nitrogens with two attached hydrogens (primary N) is 1. The molecule has 0 aromatic heterocycles. The fraction of sp³-hybridized carbons (Fsp3) is 0.300. The number of fused-ring (bicyclic) bond motifs is 1. The quantitative estimate of drug-likeness (QED) is 0.795. The van der Waals surface area contributed by atoms with E-state index in [4.69, 9.17) is 15.0 Å². The minimum absolute atomic E-state index is 0.168. The van der Waals surface area contributed by atoms with E-state index < -0.39 is 16.0 Å². The summed E-state index contributed by atoms with van der Waals surface area (Å²) in [5.74, 6) is -1.00. The van der Waals surface area contributed by atoms with Crippen molar-refractivity contribution in [3.63, 3.8) is 0 Å². The fourth-order valence-electron chi connectivity index (χ4n) is 1.83. The molecule has 0 amide bonds. The first-order chi connectivity index (χ1) is 7.79. The Hall–Kier alpha value is -1.60. The van der Waals surface area contributed by atoms with Crippen LogP contribution >= 0.6 is 0 Å². The lowest BCUT2D eigenvalue weighted by Gasteiger charge is -2.07. The second-order valence-corrected chi connectivity index (χ2v) is 5.50. The number of rotatable bonds is 2. The minimum Gasteiger partial charge on any atom is -0.489 e. The van der Waals surface area contributed by atoms with Crippen LogP contribution < -0.4 is 9.88 Å². The van der Waals surface area contributed by atoms with Crippen molar-refractivity contribution >= 4 is 16.0 Å². The first kappa shape index (κ1) is 11.9. The predicted octanol–water partition coefficient (Wildman–Crippen LogP) is 0.356. The highest BCUT2D eigenvalue weighted by molar-refractivity contribution is 7.89. The Labute approximate surface area is 98.1 Å². The van der Waals surface area contributed by atoms with Gasteiger partial charge in [-0.25, -0.2) is 18.4 Å². The molecule has 0 fully saturated rings. The number of carbonyl (C=O) groups is 1. The van der Waals surface area contributed by atoms with Crippen molar-refractivity contribution < 1.29 is 23.1 Å². The molecule has 3 N–H and O–H groups in total. The summed E-state index contributed by atoms with van der Waals surface area (Å²) in [5, 5.41) is 14.0. The summed E-state index contributed by atoms with van der Waals surface area (Å²) in [5.41, 5.74) is 0.386. The number of sulfonamides is 1. The number of carboxylic acids is 1. The zero-order valence-corrected chi connectivity index (χ0v) is 9.82. The first-order valence-electron chi connectivity index (χ1n) is 4.88. The van der Waals surface area contributed by atoms with Gasteiger partial charge in [0.2, 0.25) is 10.0 Å². The maximum atomic E-state index is 11.2. The highest BCUT2D eigenvalue weighted by Gasteiger charge is 2.27. The molecule has 1 heterocycles. The van der Waals surface area contributed by atoms with Gasteiger partial charge in [-0.2, -0.15) is 0 Å². The number of primary sulfonamides is 1. The molecule has 7 heteroatoms. The molecule has 92 valence electrons. The van der Waals surface area contributed by atoms with Crippen LogP contribution in [0.15, 0.2) is 17.0 Å². The van der Waals surface area contributed by atoms with Crippen LogP contribution in [0.25, 0.3) is 0 Å². The van der Waals surface area contributed by atoms with E-state index >= 15 is 0 Å². The van der Waals surface area contributed by atoms with Gasteiger partial charge in [-0.05, 0) is 19.1 Å². The maximum Gasteiger partial charge on any atom is 0.339 e. The molecule has 1 aliphatic rings. The Morgan fingerprint density at radius 2 is 2.18 bits per heavy atom. The molecule has 0 saturated carbocycles. The molecule has 2 rings (SSSR count). The van der Waals surface area contributed by atoms with E-state index in [0.717, 1.165) is 6.07 Å². The second-order valence-electron chi connectivity index (χ2n) is 3.94. The smallest absolute Gasteiger partial charge is 0.339 e. The molecular weight excluding hydrogens is 246 g/mol. The van der Waals surface area contributed by atoms with Crippen molar-refractivity contribution in [1.82, 2.24) is 0 Å². The van der Waals surface area contributed by atoms with E-state index in [-0.39, 0.29) is 22.3 Å². The summed E-state index contributed by atoms with van der Waals surface area (Å²) >= 11 is 0. The summed E-state index contributed by atoms with van der Waals surface area (Å²) in [7, 11) is -3.92. The Morgan fingerprint density at radius 1 is 1.53 bits per heavy atom. The fourth-order valence-corrected chi connectivity index (χ4v) is 2.41. The topological polar surface area (TPSA) is 107 Å². The molecule has 0 spiro atoms. The van der Waals surface area contributed by atoms with Gasteiger partial charge >= 0.3 is 5.97 Å². The molecule has 0 aliphatic carbocycles. The van der Waals surface area contributed by atoms with E-state index in [1.54, 1.807) is 6.92 Å². The van der Waals surface area contributed by atoms with Gasteiger partial charge in [0.15, 0.2) is 0 Å². The van der Waals surface area contributed by atoms with Gasteiger partial charge in [-0.3, -0.25) is 0 Å². The SMILES string of the molecule is CC1Cc2cc(S(N)(=O)=O)cc(C(=O)O)c2O1. The average molecular weight is 257 g/mol. The van der Waals surface area contributed by atoms with Crippen molar-refractivity contribution in [2.75, 3.05) is 0 Å². The number of aromatic carboxylic acids is 1. The van der Waals surface area contributed by atoms with Crippen LogP contribution in [0.2, 0.25) is 0 Å². The molecule has 1 aromatic rings.